The number of benzene rings is 1. The first-order chi connectivity index (χ1) is 15.7. The highest BCUT2D eigenvalue weighted by atomic mass is 16.5. The van der Waals surface area contributed by atoms with E-state index in [0.29, 0.717) is 0 Å². The molecular formula is C24H31N3O5. The molecule has 1 aromatic heterocycles. The lowest BCUT2D eigenvalue weighted by molar-refractivity contribution is -0.122. The van der Waals surface area contributed by atoms with Gasteiger partial charge in [-0.25, -0.2) is 0 Å². The number of piperidine rings is 1. The summed E-state index contributed by atoms with van der Waals surface area (Å²) in [5, 5.41) is 6.89. The Morgan fingerprint density at radius 3 is 2.59 bits per heavy atom. The van der Waals surface area contributed by atoms with Crippen molar-refractivity contribution in [3.63, 3.8) is 0 Å². The van der Waals surface area contributed by atoms with Crippen molar-refractivity contribution in [3.8, 4) is 16.9 Å². The Labute approximate surface area is 188 Å². The summed E-state index contributed by atoms with van der Waals surface area (Å²) in [5.74, 6) is 0.865. The van der Waals surface area contributed by atoms with Crippen molar-refractivity contribution in [2.45, 2.75) is 25.3 Å². The summed E-state index contributed by atoms with van der Waals surface area (Å²) in [6, 6.07) is 10.1. The van der Waals surface area contributed by atoms with Gasteiger partial charge in [0.2, 0.25) is 0 Å². The van der Waals surface area contributed by atoms with Gasteiger partial charge in [0.1, 0.15) is 5.75 Å². The maximum Gasteiger partial charge on any atom is 0.290 e. The van der Waals surface area contributed by atoms with E-state index in [1.807, 2.05) is 30.3 Å². The number of carbonyl (C=O) groups is 2. The third-order valence-corrected chi connectivity index (χ3v) is 5.91. The predicted molar refractivity (Wildman–Crippen MR) is 121 cm³/mol. The lowest BCUT2D eigenvalue weighted by atomic mass is 9.99. The summed E-state index contributed by atoms with van der Waals surface area (Å²) in [5.41, 5.74) is 2.74. The van der Waals surface area contributed by atoms with Crippen molar-refractivity contribution >= 4 is 12.4 Å². The van der Waals surface area contributed by atoms with E-state index in [9.17, 15) is 4.79 Å². The van der Waals surface area contributed by atoms with Gasteiger partial charge in [-0.3, -0.25) is 19.5 Å². The second-order valence-electron chi connectivity index (χ2n) is 7.82. The topological polar surface area (TPSA) is 92.2 Å². The summed E-state index contributed by atoms with van der Waals surface area (Å²) in [6.45, 7) is 5.04. The Morgan fingerprint density at radius 2 is 1.91 bits per heavy atom. The van der Waals surface area contributed by atoms with E-state index in [-0.39, 0.29) is 18.4 Å². The summed E-state index contributed by atoms with van der Waals surface area (Å²) in [4.78, 5) is 30.3. The molecule has 1 unspecified atom stereocenters. The van der Waals surface area contributed by atoms with Crippen LogP contribution in [0.4, 0.5) is 0 Å². The zero-order chi connectivity index (χ0) is 22.8. The SMILES string of the molecule is COc1cnccc1-c1ccc(C(=O)N2CCCCC2CN2CCOCC2)cc1.O=CO. The molecule has 0 bridgehead atoms. The third kappa shape index (κ3) is 6.05. The first-order valence-corrected chi connectivity index (χ1v) is 10.9. The first-order valence-electron chi connectivity index (χ1n) is 10.9. The largest absolute Gasteiger partial charge is 0.494 e. The molecule has 2 aromatic rings. The fourth-order valence-corrected chi connectivity index (χ4v) is 4.28. The number of nitrogens with zero attached hydrogens (tertiary/aromatic N) is 3. The monoisotopic (exact) mass is 441 g/mol. The molecule has 1 aromatic carbocycles. The quantitative estimate of drug-likeness (QED) is 0.714. The van der Waals surface area contributed by atoms with Crippen molar-refractivity contribution < 1.29 is 24.2 Å². The van der Waals surface area contributed by atoms with Crippen molar-refractivity contribution in [3.05, 3.63) is 48.3 Å². The number of morpholine rings is 1. The molecule has 3 heterocycles. The second kappa shape index (κ2) is 12.2. The molecule has 4 rings (SSSR count). The normalized spacial score (nSPS) is 18.9. The van der Waals surface area contributed by atoms with Gasteiger partial charge in [-0.15, -0.1) is 0 Å². The zero-order valence-corrected chi connectivity index (χ0v) is 18.5. The highest BCUT2D eigenvalue weighted by Crippen LogP contribution is 2.29. The van der Waals surface area contributed by atoms with Gasteiger partial charge in [0.25, 0.3) is 12.4 Å². The Balaban J connectivity index is 0.000000913. The average Bonchev–Trinajstić information content (AvgIpc) is 2.85. The molecule has 172 valence electrons. The number of methoxy groups -OCH3 is 1. The van der Waals surface area contributed by atoms with Gasteiger partial charge >= 0.3 is 0 Å². The summed E-state index contributed by atoms with van der Waals surface area (Å²) < 4.78 is 10.9. The fraction of sp³-hybridized carbons (Fsp3) is 0.458. The van der Waals surface area contributed by atoms with Crippen LogP contribution in [0.15, 0.2) is 42.7 Å². The van der Waals surface area contributed by atoms with Crippen molar-refractivity contribution in [1.29, 1.82) is 0 Å². The van der Waals surface area contributed by atoms with Crippen molar-refractivity contribution in [1.82, 2.24) is 14.8 Å². The molecule has 0 spiro atoms. The Hall–Kier alpha value is -2.97. The number of ether oxygens (including phenoxy) is 2. The average molecular weight is 442 g/mol. The Bertz CT molecular complexity index is 868. The lowest BCUT2D eigenvalue weighted by Gasteiger charge is -2.39. The number of carboxylic acid groups (broad SMARTS) is 1. The molecule has 1 N–H and O–H groups in total. The lowest BCUT2D eigenvalue weighted by Crippen LogP contribution is -2.51. The van der Waals surface area contributed by atoms with Gasteiger partial charge in [0.15, 0.2) is 0 Å². The standard InChI is InChI=1S/C23H29N3O3.CH2O2/c1-28-22-16-24-10-9-21(22)18-5-7-19(8-6-18)23(27)26-11-3-2-4-20(26)17-25-12-14-29-15-13-25;2-1-3/h5-10,16,20H,2-4,11-15,17H2,1H3;1H,(H,2,3). The van der Waals surface area contributed by atoms with Crippen molar-refractivity contribution in [2.24, 2.45) is 0 Å². The molecule has 2 aliphatic rings. The molecule has 8 heteroatoms. The highest BCUT2D eigenvalue weighted by Gasteiger charge is 2.29. The fourth-order valence-electron chi connectivity index (χ4n) is 4.28. The van der Waals surface area contributed by atoms with E-state index >= 15 is 0 Å². The van der Waals surface area contributed by atoms with Crippen LogP contribution in [0.5, 0.6) is 5.75 Å². The van der Waals surface area contributed by atoms with Crippen LogP contribution in [0, 0.1) is 0 Å². The van der Waals surface area contributed by atoms with Crippen LogP contribution < -0.4 is 4.74 Å². The predicted octanol–water partition coefficient (Wildman–Crippen LogP) is 2.78. The molecule has 2 saturated heterocycles. The number of carbonyl (C=O) groups excluding carboxylic acids is 1. The molecular weight excluding hydrogens is 410 g/mol. The first kappa shape index (κ1) is 23.7. The van der Waals surface area contributed by atoms with E-state index < -0.39 is 0 Å². The van der Waals surface area contributed by atoms with Crippen LogP contribution in [-0.2, 0) is 9.53 Å². The molecule has 0 saturated carbocycles. The van der Waals surface area contributed by atoms with Crippen molar-refractivity contribution in [2.75, 3.05) is 46.5 Å². The minimum Gasteiger partial charge on any atom is -0.494 e. The Morgan fingerprint density at radius 1 is 1.19 bits per heavy atom. The third-order valence-electron chi connectivity index (χ3n) is 5.91. The van der Waals surface area contributed by atoms with E-state index in [2.05, 4.69) is 14.8 Å². The maximum absolute atomic E-state index is 13.3. The van der Waals surface area contributed by atoms with Gasteiger partial charge in [-0.1, -0.05) is 12.1 Å². The molecule has 2 fully saturated rings. The number of likely N-dealkylation sites (tertiary alicyclic amines) is 1. The molecule has 32 heavy (non-hydrogen) atoms. The molecule has 2 aliphatic heterocycles. The number of amides is 1. The summed E-state index contributed by atoms with van der Waals surface area (Å²) in [6.07, 6.45) is 6.81. The van der Waals surface area contributed by atoms with E-state index in [1.54, 1.807) is 19.5 Å². The minimum absolute atomic E-state index is 0.135. The summed E-state index contributed by atoms with van der Waals surface area (Å²) in [7, 11) is 1.64. The zero-order valence-electron chi connectivity index (χ0n) is 18.5. The molecule has 1 atom stereocenters. The number of aromatic nitrogens is 1. The smallest absolute Gasteiger partial charge is 0.290 e. The molecule has 1 amide bonds. The van der Waals surface area contributed by atoms with E-state index in [1.165, 1.54) is 6.42 Å². The number of hydrogen-bond donors (Lipinski definition) is 1. The number of pyridine rings is 1. The molecule has 8 nitrogen and oxygen atoms in total. The van der Waals surface area contributed by atoms with Crippen LogP contribution >= 0.6 is 0 Å². The molecule has 0 aliphatic carbocycles. The van der Waals surface area contributed by atoms with Crippen LogP contribution in [0.2, 0.25) is 0 Å². The Kier molecular flexibility index (Phi) is 9.01. The minimum atomic E-state index is -0.250. The van der Waals surface area contributed by atoms with E-state index in [0.717, 1.165) is 74.7 Å². The van der Waals surface area contributed by atoms with Gasteiger partial charge in [0, 0.05) is 49.5 Å². The van der Waals surface area contributed by atoms with Gasteiger partial charge in [0.05, 0.1) is 26.5 Å². The number of hydrogen-bond acceptors (Lipinski definition) is 6. The van der Waals surface area contributed by atoms with Crippen LogP contribution in [0.25, 0.3) is 11.1 Å². The van der Waals surface area contributed by atoms with E-state index in [4.69, 9.17) is 19.4 Å². The van der Waals surface area contributed by atoms with Gasteiger partial charge < -0.3 is 19.5 Å². The second-order valence-corrected chi connectivity index (χ2v) is 7.82. The van der Waals surface area contributed by atoms with Crippen LogP contribution in [-0.4, -0.2) is 84.8 Å². The van der Waals surface area contributed by atoms with Gasteiger partial charge in [-0.05, 0) is 43.0 Å². The van der Waals surface area contributed by atoms with Crippen LogP contribution in [0.1, 0.15) is 29.6 Å². The number of rotatable bonds is 5. The maximum atomic E-state index is 13.3. The summed E-state index contributed by atoms with van der Waals surface area (Å²) >= 11 is 0. The van der Waals surface area contributed by atoms with Gasteiger partial charge in [-0.2, -0.15) is 0 Å². The van der Waals surface area contributed by atoms with Crippen LogP contribution in [0.3, 0.4) is 0 Å². The molecule has 0 radical (unpaired) electrons. The highest BCUT2D eigenvalue weighted by molar-refractivity contribution is 5.95.